The van der Waals surface area contributed by atoms with Gasteiger partial charge in [-0.1, -0.05) is 6.92 Å². The maximum absolute atomic E-state index is 10.8. The van der Waals surface area contributed by atoms with Gasteiger partial charge >= 0.3 is 5.97 Å². The number of ether oxygens (including phenoxy) is 1. The van der Waals surface area contributed by atoms with Crippen LogP contribution in [0.4, 0.5) is 0 Å². The lowest BCUT2D eigenvalue weighted by Crippen LogP contribution is -2.43. The average Bonchev–Trinajstić information content (AvgIpc) is 2.73. The molecule has 5 nitrogen and oxygen atoms in total. The number of carboxylic acids is 1. The number of likely N-dealkylation sites (N-methyl/N-ethyl adjacent to an activating group) is 2. The molecule has 18 heavy (non-hydrogen) atoms. The van der Waals surface area contributed by atoms with Crippen LogP contribution in [0.3, 0.4) is 0 Å². The summed E-state index contributed by atoms with van der Waals surface area (Å²) >= 11 is 0. The van der Waals surface area contributed by atoms with Crippen molar-refractivity contribution < 1.29 is 14.6 Å². The van der Waals surface area contributed by atoms with Gasteiger partial charge in [0.05, 0.1) is 6.10 Å². The molecule has 1 aliphatic rings. The molecule has 3 unspecified atom stereocenters. The molecule has 106 valence electrons. The van der Waals surface area contributed by atoms with E-state index < -0.39 is 12.1 Å². The van der Waals surface area contributed by atoms with Crippen molar-refractivity contribution in [1.29, 1.82) is 0 Å². The lowest BCUT2D eigenvalue weighted by molar-refractivity contribution is -0.149. The van der Waals surface area contributed by atoms with Gasteiger partial charge in [0.1, 0.15) is 0 Å². The first-order valence-electron chi connectivity index (χ1n) is 6.71. The minimum Gasteiger partial charge on any atom is -0.479 e. The summed E-state index contributed by atoms with van der Waals surface area (Å²) in [6, 6.07) is 0.456. The van der Waals surface area contributed by atoms with E-state index in [9.17, 15) is 4.79 Å². The van der Waals surface area contributed by atoms with Crippen molar-refractivity contribution >= 4 is 5.97 Å². The van der Waals surface area contributed by atoms with Crippen LogP contribution in [0.15, 0.2) is 0 Å². The average molecular weight is 258 g/mol. The fourth-order valence-electron chi connectivity index (χ4n) is 2.55. The minimum atomic E-state index is -0.832. The summed E-state index contributed by atoms with van der Waals surface area (Å²) in [6.45, 7) is 7.13. The van der Waals surface area contributed by atoms with Crippen LogP contribution in [0.2, 0.25) is 0 Å². The molecule has 0 aromatic carbocycles. The second-order valence-electron chi connectivity index (χ2n) is 5.36. The molecule has 1 heterocycles. The highest BCUT2D eigenvalue weighted by atomic mass is 16.5. The third-order valence-corrected chi connectivity index (χ3v) is 3.48. The summed E-state index contributed by atoms with van der Waals surface area (Å²) < 4.78 is 5.56. The number of hydrogen-bond donors (Lipinski definition) is 1. The molecular formula is C13H26N2O3. The number of hydrogen-bond acceptors (Lipinski definition) is 4. The van der Waals surface area contributed by atoms with Crippen LogP contribution in [-0.2, 0) is 9.53 Å². The molecule has 3 atom stereocenters. The van der Waals surface area contributed by atoms with E-state index in [2.05, 4.69) is 37.7 Å². The summed E-state index contributed by atoms with van der Waals surface area (Å²) in [5.41, 5.74) is 0. The van der Waals surface area contributed by atoms with Crippen molar-refractivity contribution in [2.45, 2.75) is 44.9 Å². The normalized spacial score (nSPS) is 25.9. The number of carbonyl (C=O) groups is 1. The van der Waals surface area contributed by atoms with E-state index in [1.54, 1.807) is 0 Å². The summed E-state index contributed by atoms with van der Waals surface area (Å²) in [5, 5.41) is 8.91. The molecule has 0 aromatic rings. The Labute approximate surface area is 110 Å². The molecule has 0 amide bonds. The van der Waals surface area contributed by atoms with Crippen molar-refractivity contribution in [3.05, 3.63) is 0 Å². The monoisotopic (exact) mass is 258 g/mol. The molecule has 0 saturated carbocycles. The van der Waals surface area contributed by atoms with Gasteiger partial charge in [-0.25, -0.2) is 4.79 Å². The Kier molecular flexibility index (Phi) is 6.05. The Morgan fingerprint density at radius 3 is 2.56 bits per heavy atom. The van der Waals surface area contributed by atoms with E-state index in [0.29, 0.717) is 12.5 Å². The smallest absolute Gasteiger partial charge is 0.332 e. The Hall–Kier alpha value is -0.650. The summed E-state index contributed by atoms with van der Waals surface area (Å²) in [7, 11) is 4.13. The van der Waals surface area contributed by atoms with Gasteiger partial charge in [0.15, 0.2) is 6.10 Å². The summed E-state index contributed by atoms with van der Waals surface area (Å²) in [4.78, 5) is 15.4. The number of rotatable bonds is 7. The second kappa shape index (κ2) is 7.07. The first-order chi connectivity index (χ1) is 8.43. The molecule has 1 N–H and O–H groups in total. The van der Waals surface area contributed by atoms with Crippen LogP contribution in [0.1, 0.15) is 26.7 Å². The standard InChI is InChI=1S/C13H26N2O3/c1-5-15(10(2)8-14(3)4)9-11-6-7-12(18-11)13(16)17/h10-12H,5-9H2,1-4H3,(H,16,17). The van der Waals surface area contributed by atoms with Crippen LogP contribution >= 0.6 is 0 Å². The van der Waals surface area contributed by atoms with Crippen LogP contribution < -0.4 is 0 Å². The summed E-state index contributed by atoms with van der Waals surface area (Å²) in [5.74, 6) is -0.832. The van der Waals surface area contributed by atoms with Gasteiger partial charge in [-0.15, -0.1) is 0 Å². The van der Waals surface area contributed by atoms with E-state index in [1.807, 2.05) is 0 Å². The van der Waals surface area contributed by atoms with Crippen molar-refractivity contribution in [3.63, 3.8) is 0 Å². The molecule has 0 radical (unpaired) electrons. The van der Waals surface area contributed by atoms with E-state index >= 15 is 0 Å². The molecular weight excluding hydrogens is 232 g/mol. The van der Waals surface area contributed by atoms with Crippen LogP contribution in [0.5, 0.6) is 0 Å². The Bertz CT molecular complexity index is 271. The molecule has 5 heteroatoms. The summed E-state index contributed by atoms with van der Waals surface area (Å²) in [6.07, 6.45) is 0.954. The fourth-order valence-corrected chi connectivity index (χ4v) is 2.55. The van der Waals surface area contributed by atoms with Crippen LogP contribution in [-0.4, -0.2) is 72.9 Å². The van der Waals surface area contributed by atoms with Crippen molar-refractivity contribution in [2.24, 2.45) is 0 Å². The Morgan fingerprint density at radius 2 is 2.11 bits per heavy atom. The van der Waals surface area contributed by atoms with E-state index in [-0.39, 0.29) is 6.10 Å². The molecule has 0 bridgehead atoms. The highest BCUT2D eigenvalue weighted by molar-refractivity contribution is 5.72. The third kappa shape index (κ3) is 4.55. The molecule has 0 spiro atoms. The van der Waals surface area contributed by atoms with Crippen molar-refractivity contribution in [3.8, 4) is 0 Å². The Morgan fingerprint density at radius 1 is 1.44 bits per heavy atom. The Balaban J connectivity index is 2.42. The quantitative estimate of drug-likeness (QED) is 0.735. The topological polar surface area (TPSA) is 53.0 Å². The molecule has 0 aliphatic carbocycles. The van der Waals surface area contributed by atoms with Gasteiger partial charge in [0, 0.05) is 19.1 Å². The molecule has 1 aliphatic heterocycles. The zero-order valence-electron chi connectivity index (χ0n) is 11.9. The number of carboxylic acid groups (broad SMARTS) is 1. The van der Waals surface area contributed by atoms with Crippen LogP contribution in [0, 0.1) is 0 Å². The van der Waals surface area contributed by atoms with E-state index in [1.165, 1.54) is 0 Å². The van der Waals surface area contributed by atoms with Gasteiger partial charge in [-0.3, -0.25) is 4.90 Å². The van der Waals surface area contributed by atoms with Crippen LogP contribution in [0.25, 0.3) is 0 Å². The van der Waals surface area contributed by atoms with Gasteiger partial charge < -0.3 is 14.7 Å². The number of nitrogens with zero attached hydrogens (tertiary/aromatic N) is 2. The highest BCUT2D eigenvalue weighted by Crippen LogP contribution is 2.21. The SMILES string of the molecule is CCN(CC1CCC(C(=O)O)O1)C(C)CN(C)C. The maximum Gasteiger partial charge on any atom is 0.332 e. The predicted octanol–water partition coefficient (Wildman–Crippen LogP) is 0.891. The van der Waals surface area contributed by atoms with Crippen molar-refractivity contribution in [2.75, 3.05) is 33.7 Å². The minimum absolute atomic E-state index is 0.0654. The van der Waals surface area contributed by atoms with Gasteiger partial charge in [-0.05, 0) is 40.4 Å². The van der Waals surface area contributed by atoms with Gasteiger partial charge in [-0.2, -0.15) is 0 Å². The first kappa shape index (κ1) is 15.4. The van der Waals surface area contributed by atoms with Crippen molar-refractivity contribution in [1.82, 2.24) is 9.80 Å². The zero-order valence-corrected chi connectivity index (χ0v) is 11.9. The maximum atomic E-state index is 10.8. The molecule has 1 saturated heterocycles. The third-order valence-electron chi connectivity index (χ3n) is 3.48. The molecule has 1 fully saturated rings. The van der Waals surface area contributed by atoms with E-state index in [4.69, 9.17) is 9.84 Å². The lowest BCUT2D eigenvalue weighted by Gasteiger charge is -2.31. The molecule has 1 rings (SSSR count). The van der Waals surface area contributed by atoms with Gasteiger partial charge in [0.25, 0.3) is 0 Å². The van der Waals surface area contributed by atoms with Gasteiger partial charge in [0.2, 0.25) is 0 Å². The molecule has 0 aromatic heterocycles. The predicted molar refractivity (Wildman–Crippen MR) is 70.8 cm³/mol. The largest absolute Gasteiger partial charge is 0.479 e. The lowest BCUT2D eigenvalue weighted by atomic mass is 10.1. The highest BCUT2D eigenvalue weighted by Gasteiger charge is 2.31. The number of aliphatic carboxylic acids is 1. The second-order valence-corrected chi connectivity index (χ2v) is 5.36. The zero-order chi connectivity index (χ0) is 13.7. The first-order valence-corrected chi connectivity index (χ1v) is 6.71. The van der Waals surface area contributed by atoms with E-state index in [0.717, 1.165) is 26.1 Å². The fraction of sp³-hybridized carbons (Fsp3) is 0.923.